The smallest absolute Gasteiger partial charge is 0.105 e. The molecule has 0 saturated carbocycles. The Balaban J connectivity index is 2.17. The molecule has 0 radical (unpaired) electrons. The van der Waals surface area contributed by atoms with E-state index >= 15 is 0 Å². The van der Waals surface area contributed by atoms with Gasteiger partial charge in [-0.2, -0.15) is 0 Å². The van der Waals surface area contributed by atoms with Gasteiger partial charge in [-0.05, 0) is 37.0 Å². The van der Waals surface area contributed by atoms with Gasteiger partial charge in [0.2, 0.25) is 0 Å². The largest absolute Gasteiger partial charge is 0.386 e. The second-order valence-corrected chi connectivity index (χ2v) is 4.41. The van der Waals surface area contributed by atoms with Crippen LogP contribution >= 0.6 is 11.6 Å². The van der Waals surface area contributed by atoms with Crippen molar-refractivity contribution in [3.63, 3.8) is 0 Å². The lowest BCUT2D eigenvalue weighted by atomic mass is 10.0. The summed E-state index contributed by atoms with van der Waals surface area (Å²) in [5.41, 5.74) is 1.87. The Labute approximate surface area is 94.8 Å². The molecule has 0 aromatic heterocycles. The van der Waals surface area contributed by atoms with Crippen LogP contribution in [0.3, 0.4) is 0 Å². The average Bonchev–Trinajstić information content (AvgIpc) is 2.74. The topological polar surface area (TPSA) is 29.5 Å². The van der Waals surface area contributed by atoms with Gasteiger partial charge in [-0.15, -0.1) is 0 Å². The molecule has 2 rings (SSSR count). The lowest BCUT2D eigenvalue weighted by Gasteiger charge is -2.18. The van der Waals surface area contributed by atoms with Crippen LogP contribution in [0.15, 0.2) is 18.2 Å². The molecule has 2 unspecified atom stereocenters. The summed E-state index contributed by atoms with van der Waals surface area (Å²) < 4.78 is 5.45. The zero-order valence-electron chi connectivity index (χ0n) is 8.74. The number of aryl methyl sites for hydroxylation is 1. The number of hydrogen-bond donors (Lipinski definition) is 1. The minimum atomic E-state index is -0.550. The fraction of sp³-hybridized carbons (Fsp3) is 0.500. The lowest BCUT2D eigenvalue weighted by Crippen LogP contribution is -2.17. The van der Waals surface area contributed by atoms with E-state index in [9.17, 15) is 5.11 Å². The predicted octanol–water partition coefficient (Wildman–Crippen LogP) is 2.86. The maximum atomic E-state index is 10.1. The molecule has 1 aromatic rings. The summed E-state index contributed by atoms with van der Waals surface area (Å²) in [6.07, 6.45) is 1.34. The number of halogens is 1. The predicted molar refractivity (Wildman–Crippen MR) is 60.1 cm³/mol. The van der Waals surface area contributed by atoms with Crippen LogP contribution in [0.2, 0.25) is 5.02 Å². The fourth-order valence-corrected chi connectivity index (χ4v) is 2.05. The van der Waals surface area contributed by atoms with Crippen molar-refractivity contribution in [2.24, 2.45) is 0 Å². The van der Waals surface area contributed by atoms with Gasteiger partial charge in [0, 0.05) is 11.6 Å². The lowest BCUT2D eigenvalue weighted by molar-refractivity contribution is -0.00258. The van der Waals surface area contributed by atoms with Crippen molar-refractivity contribution in [2.75, 3.05) is 6.61 Å². The third kappa shape index (κ3) is 2.33. The van der Waals surface area contributed by atoms with Gasteiger partial charge in [0.1, 0.15) is 6.10 Å². The Kier molecular flexibility index (Phi) is 3.29. The molecule has 1 N–H and O–H groups in total. The number of rotatable bonds is 2. The number of ether oxygens (including phenoxy) is 1. The third-order valence-electron chi connectivity index (χ3n) is 2.85. The highest BCUT2D eigenvalue weighted by Gasteiger charge is 2.25. The Bertz CT molecular complexity index is 345. The number of aliphatic hydroxyl groups excluding tert-OH is 1. The van der Waals surface area contributed by atoms with Crippen molar-refractivity contribution in [2.45, 2.75) is 32.0 Å². The Morgan fingerprint density at radius 1 is 1.53 bits per heavy atom. The third-order valence-corrected chi connectivity index (χ3v) is 3.26. The summed E-state index contributed by atoms with van der Waals surface area (Å²) in [4.78, 5) is 0. The minimum Gasteiger partial charge on any atom is -0.386 e. The number of hydrogen-bond acceptors (Lipinski definition) is 2. The summed E-state index contributed by atoms with van der Waals surface area (Å²) in [5, 5.41) is 10.8. The highest BCUT2D eigenvalue weighted by atomic mass is 35.5. The summed E-state index contributed by atoms with van der Waals surface area (Å²) in [6.45, 7) is 2.70. The van der Waals surface area contributed by atoms with Gasteiger partial charge in [0.15, 0.2) is 0 Å². The van der Waals surface area contributed by atoms with Crippen LogP contribution in [0, 0.1) is 6.92 Å². The number of benzene rings is 1. The first kappa shape index (κ1) is 10.9. The molecule has 3 heteroatoms. The van der Waals surface area contributed by atoms with Gasteiger partial charge in [-0.25, -0.2) is 0 Å². The normalized spacial score (nSPS) is 23.0. The molecule has 1 aromatic carbocycles. The van der Waals surface area contributed by atoms with Crippen molar-refractivity contribution in [3.8, 4) is 0 Å². The summed E-state index contributed by atoms with van der Waals surface area (Å²) in [5.74, 6) is 0. The highest BCUT2D eigenvalue weighted by Crippen LogP contribution is 2.29. The molecule has 2 nitrogen and oxygen atoms in total. The van der Waals surface area contributed by atoms with Gasteiger partial charge >= 0.3 is 0 Å². The summed E-state index contributed by atoms with van der Waals surface area (Å²) >= 11 is 6.01. The van der Waals surface area contributed by atoms with Crippen LogP contribution in [0.1, 0.15) is 30.1 Å². The first-order valence-corrected chi connectivity index (χ1v) is 5.62. The summed E-state index contributed by atoms with van der Waals surface area (Å²) in [7, 11) is 0. The Morgan fingerprint density at radius 3 is 2.93 bits per heavy atom. The van der Waals surface area contributed by atoms with Crippen LogP contribution in [0.25, 0.3) is 0 Å². The zero-order chi connectivity index (χ0) is 10.8. The van der Waals surface area contributed by atoms with E-state index in [1.165, 1.54) is 0 Å². The van der Waals surface area contributed by atoms with E-state index in [2.05, 4.69) is 0 Å². The SMILES string of the molecule is Cc1ccc(C(O)C2CCCO2)cc1Cl. The van der Waals surface area contributed by atoms with E-state index in [1.54, 1.807) is 0 Å². The first-order chi connectivity index (χ1) is 7.18. The van der Waals surface area contributed by atoms with Crippen molar-refractivity contribution < 1.29 is 9.84 Å². The van der Waals surface area contributed by atoms with E-state index in [-0.39, 0.29) is 6.10 Å². The van der Waals surface area contributed by atoms with Crippen LogP contribution in [0.5, 0.6) is 0 Å². The summed E-state index contributed by atoms with van der Waals surface area (Å²) in [6, 6.07) is 5.66. The molecule has 1 fully saturated rings. The van der Waals surface area contributed by atoms with Crippen LogP contribution < -0.4 is 0 Å². The van der Waals surface area contributed by atoms with Crippen LogP contribution in [-0.2, 0) is 4.74 Å². The van der Waals surface area contributed by atoms with E-state index in [4.69, 9.17) is 16.3 Å². The van der Waals surface area contributed by atoms with E-state index in [1.807, 2.05) is 25.1 Å². The van der Waals surface area contributed by atoms with Gasteiger partial charge in [-0.3, -0.25) is 0 Å². The molecular weight excluding hydrogens is 212 g/mol. The molecule has 1 aliphatic heterocycles. The Hall–Kier alpha value is -0.570. The molecule has 1 aliphatic rings. The quantitative estimate of drug-likeness (QED) is 0.841. The van der Waals surface area contributed by atoms with Gasteiger partial charge in [-0.1, -0.05) is 23.7 Å². The zero-order valence-corrected chi connectivity index (χ0v) is 9.50. The van der Waals surface area contributed by atoms with Gasteiger partial charge < -0.3 is 9.84 Å². The van der Waals surface area contributed by atoms with E-state index in [0.717, 1.165) is 30.6 Å². The maximum Gasteiger partial charge on any atom is 0.105 e. The Morgan fingerprint density at radius 2 is 2.33 bits per heavy atom. The molecule has 0 spiro atoms. The van der Waals surface area contributed by atoms with Gasteiger partial charge in [0.25, 0.3) is 0 Å². The van der Waals surface area contributed by atoms with Crippen LogP contribution in [0.4, 0.5) is 0 Å². The average molecular weight is 227 g/mol. The van der Waals surface area contributed by atoms with Crippen molar-refractivity contribution in [1.29, 1.82) is 0 Å². The van der Waals surface area contributed by atoms with E-state index in [0.29, 0.717) is 5.02 Å². The second-order valence-electron chi connectivity index (χ2n) is 4.00. The molecule has 82 valence electrons. The minimum absolute atomic E-state index is 0.0660. The van der Waals surface area contributed by atoms with Crippen molar-refractivity contribution in [1.82, 2.24) is 0 Å². The molecule has 2 atom stereocenters. The monoisotopic (exact) mass is 226 g/mol. The van der Waals surface area contributed by atoms with Crippen molar-refractivity contribution in [3.05, 3.63) is 34.3 Å². The molecule has 15 heavy (non-hydrogen) atoms. The standard InChI is InChI=1S/C12H15ClO2/c1-8-4-5-9(7-10(8)13)12(14)11-3-2-6-15-11/h4-5,7,11-12,14H,2-3,6H2,1H3. The van der Waals surface area contributed by atoms with Crippen LogP contribution in [-0.4, -0.2) is 17.8 Å². The molecular formula is C12H15ClO2. The molecule has 0 bridgehead atoms. The maximum absolute atomic E-state index is 10.1. The van der Waals surface area contributed by atoms with Gasteiger partial charge in [0.05, 0.1) is 6.10 Å². The first-order valence-electron chi connectivity index (χ1n) is 5.24. The fourth-order valence-electron chi connectivity index (χ4n) is 1.86. The number of aliphatic hydroxyl groups is 1. The second kappa shape index (κ2) is 4.52. The van der Waals surface area contributed by atoms with Crippen molar-refractivity contribution >= 4 is 11.6 Å². The van der Waals surface area contributed by atoms with E-state index < -0.39 is 6.10 Å². The molecule has 0 amide bonds. The molecule has 1 saturated heterocycles. The molecule has 1 heterocycles. The highest BCUT2D eigenvalue weighted by molar-refractivity contribution is 6.31. The molecule has 0 aliphatic carbocycles.